The van der Waals surface area contributed by atoms with Crippen LogP contribution >= 0.6 is 10.1 Å². The number of hydrogen-bond donors (Lipinski definition) is 2. The van der Waals surface area contributed by atoms with E-state index >= 15 is 0 Å². The summed E-state index contributed by atoms with van der Waals surface area (Å²) >= 11 is -3.12. The zero-order valence-corrected chi connectivity index (χ0v) is 14.5. The van der Waals surface area contributed by atoms with Crippen molar-refractivity contribution >= 4 is 23.2 Å². The minimum absolute atomic E-state index is 0.279. The Labute approximate surface area is 122 Å². The molecule has 3 aliphatic rings. The van der Waals surface area contributed by atoms with Crippen LogP contribution in [0.15, 0.2) is 0 Å². The van der Waals surface area contributed by atoms with Crippen LogP contribution in [0.5, 0.6) is 0 Å². The fraction of sp³-hybridized carbons (Fsp3) is 1.00. The second kappa shape index (κ2) is 8.18. The topological polar surface area (TPSA) is 69.0 Å². The molecule has 3 fully saturated rings. The van der Waals surface area contributed by atoms with Crippen LogP contribution in [0.4, 0.5) is 0 Å². The van der Waals surface area contributed by atoms with Crippen LogP contribution in [-0.2, 0) is 11.3 Å². The van der Waals surface area contributed by atoms with Crippen molar-refractivity contribution < 1.29 is 11.3 Å². The fourth-order valence-corrected chi connectivity index (χ4v) is 11.5. The second-order valence-corrected chi connectivity index (χ2v) is 13.7. The van der Waals surface area contributed by atoms with Gasteiger partial charge in [0.2, 0.25) is 0 Å². The molecule has 3 heterocycles. The Morgan fingerprint density at radius 1 is 1.21 bits per heavy atom. The standard InChI is InChI=1S/C11H25GeN3O3S/c1-11(14-4-2-3-13)19-12-16-8-5-15(6-9-17-12)7-10-18-12/h11,14H,2-10,13H2,1H3. The number of nitrogens with zero attached hydrogens (tertiary/aromatic N) is 1. The Hall–Kier alpha value is 0.653. The summed E-state index contributed by atoms with van der Waals surface area (Å²) in [5.41, 5.74) is 5.50. The van der Waals surface area contributed by atoms with E-state index in [2.05, 4.69) is 17.1 Å². The van der Waals surface area contributed by atoms with E-state index in [1.807, 2.05) is 0 Å². The second-order valence-electron chi connectivity index (χ2n) is 4.74. The summed E-state index contributed by atoms with van der Waals surface area (Å²) in [4.78, 5) is 2.33. The zero-order chi connectivity index (χ0) is 13.6. The first-order chi connectivity index (χ1) is 9.24. The molecule has 0 saturated carbocycles. The first-order valence-electron chi connectivity index (χ1n) is 6.99. The van der Waals surface area contributed by atoms with Crippen LogP contribution in [0.1, 0.15) is 13.3 Å². The molecule has 0 aromatic carbocycles. The van der Waals surface area contributed by atoms with Gasteiger partial charge in [-0.3, -0.25) is 0 Å². The van der Waals surface area contributed by atoms with Gasteiger partial charge in [0, 0.05) is 0 Å². The molecule has 0 aromatic heterocycles. The molecule has 1 unspecified atom stereocenters. The van der Waals surface area contributed by atoms with Gasteiger partial charge >= 0.3 is 122 Å². The summed E-state index contributed by atoms with van der Waals surface area (Å²) in [6.07, 6.45) is 0.989. The van der Waals surface area contributed by atoms with Crippen LogP contribution in [0, 0.1) is 0 Å². The van der Waals surface area contributed by atoms with Crippen LogP contribution in [-0.4, -0.2) is 76.0 Å². The number of nitrogens with two attached hydrogens (primary N) is 1. The molecule has 0 radical (unpaired) electrons. The average Bonchev–Trinajstić information content (AvgIpc) is 2.31. The predicted molar refractivity (Wildman–Crippen MR) is 78.8 cm³/mol. The molecular formula is C11H25GeN3O3S. The number of rotatable bonds is 6. The van der Waals surface area contributed by atoms with Gasteiger partial charge < -0.3 is 0 Å². The number of hydrogen-bond acceptors (Lipinski definition) is 7. The van der Waals surface area contributed by atoms with E-state index in [9.17, 15) is 0 Å². The number of nitrogens with one attached hydrogen (secondary N) is 1. The van der Waals surface area contributed by atoms with E-state index in [4.69, 9.17) is 17.0 Å². The minimum atomic E-state index is -3.12. The van der Waals surface area contributed by atoms with Gasteiger partial charge in [-0.2, -0.15) is 0 Å². The molecule has 0 aliphatic carbocycles. The normalized spacial score (nSPS) is 33.5. The van der Waals surface area contributed by atoms with E-state index in [0.717, 1.165) is 59.0 Å². The summed E-state index contributed by atoms with van der Waals surface area (Å²) in [5.74, 6) is 0. The van der Waals surface area contributed by atoms with Gasteiger partial charge in [-0.1, -0.05) is 0 Å². The summed E-state index contributed by atoms with van der Waals surface area (Å²) in [6, 6.07) is 0. The maximum absolute atomic E-state index is 6.02. The van der Waals surface area contributed by atoms with Crippen molar-refractivity contribution in [2.75, 3.05) is 52.5 Å². The monoisotopic (exact) mass is 353 g/mol. The van der Waals surface area contributed by atoms with E-state index in [1.54, 1.807) is 10.1 Å². The van der Waals surface area contributed by atoms with Gasteiger partial charge in [0.05, 0.1) is 0 Å². The summed E-state index contributed by atoms with van der Waals surface area (Å²) in [6.45, 7) is 8.95. The molecule has 2 bridgehead atoms. The molecule has 112 valence electrons. The third kappa shape index (κ3) is 5.16. The first kappa shape index (κ1) is 16.0. The van der Waals surface area contributed by atoms with Gasteiger partial charge in [0.1, 0.15) is 0 Å². The zero-order valence-electron chi connectivity index (χ0n) is 11.6. The third-order valence-corrected chi connectivity index (χ3v) is 13.4. The fourth-order valence-electron chi connectivity index (χ4n) is 2.13. The molecule has 0 spiro atoms. The van der Waals surface area contributed by atoms with Crippen LogP contribution in [0.3, 0.4) is 0 Å². The molecular weight excluding hydrogens is 327 g/mol. The van der Waals surface area contributed by atoms with Crippen molar-refractivity contribution in [3.05, 3.63) is 0 Å². The molecule has 3 aliphatic heterocycles. The SMILES string of the molecule is CC(NCCCN)[S][Ge]12[O]CCN(CC[O]1)CC[O]2. The van der Waals surface area contributed by atoms with E-state index in [1.165, 1.54) is 0 Å². The Kier molecular flexibility index (Phi) is 6.90. The van der Waals surface area contributed by atoms with Crippen molar-refractivity contribution in [1.82, 2.24) is 10.2 Å². The van der Waals surface area contributed by atoms with Crippen molar-refractivity contribution in [2.24, 2.45) is 5.73 Å². The van der Waals surface area contributed by atoms with Crippen molar-refractivity contribution in [3.8, 4) is 0 Å². The molecule has 3 saturated heterocycles. The molecule has 1 atom stereocenters. The van der Waals surface area contributed by atoms with Crippen molar-refractivity contribution in [3.63, 3.8) is 0 Å². The number of fused-ring (bicyclic) bond motifs is 6. The Balaban J connectivity index is 1.86. The molecule has 3 rings (SSSR count). The van der Waals surface area contributed by atoms with Crippen LogP contribution in [0.2, 0.25) is 0 Å². The van der Waals surface area contributed by atoms with Gasteiger partial charge in [-0.05, 0) is 0 Å². The molecule has 0 aromatic rings. The quantitative estimate of drug-likeness (QED) is 0.391. The summed E-state index contributed by atoms with van der Waals surface area (Å²) in [7, 11) is 1.74. The van der Waals surface area contributed by atoms with Crippen molar-refractivity contribution in [1.29, 1.82) is 0 Å². The molecule has 3 N–H and O–H groups in total. The Morgan fingerprint density at radius 2 is 1.79 bits per heavy atom. The Bertz CT molecular complexity index is 249. The molecule has 0 amide bonds. The van der Waals surface area contributed by atoms with E-state index in [-0.39, 0.29) is 5.37 Å². The maximum atomic E-state index is 6.02. The summed E-state index contributed by atoms with van der Waals surface area (Å²) in [5, 5.41) is 3.72. The third-order valence-electron chi connectivity index (χ3n) is 3.19. The summed E-state index contributed by atoms with van der Waals surface area (Å²) < 4.78 is 18.1. The van der Waals surface area contributed by atoms with Gasteiger partial charge in [0.25, 0.3) is 0 Å². The predicted octanol–water partition coefficient (Wildman–Crippen LogP) is -0.181. The Morgan fingerprint density at radius 3 is 2.32 bits per heavy atom. The van der Waals surface area contributed by atoms with Gasteiger partial charge in [-0.15, -0.1) is 0 Å². The van der Waals surface area contributed by atoms with Crippen molar-refractivity contribution in [2.45, 2.75) is 18.7 Å². The average molecular weight is 352 g/mol. The first-order valence-corrected chi connectivity index (χ1v) is 13.0. The molecule has 8 heteroatoms. The van der Waals surface area contributed by atoms with Crippen LogP contribution in [0.25, 0.3) is 0 Å². The van der Waals surface area contributed by atoms with E-state index < -0.39 is 13.1 Å². The molecule has 19 heavy (non-hydrogen) atoms. The van der Waals surface area contributed by atoms with E-state index in [0.29, 0.717) is 0 Å². The van der Waals surface area contributed by atoms with Gasteiger partial charge in [-0.25, -0.2) is 0 Å². The van der Waals surface area contributed by atoms with Crippen LogP contribution < -0.4 is 11.1 Å². The molecule has 6 nitrogen and oxygen atoms in total. The van der Waals surface area contributed by atoms with Gasteiger partial charge in [0.15, 0.2) is 0 Å².